The van der Waals surface area contributed by atoms with Crippen LogP contribution in [0.25, 0.3) is 0 Å². The number of halogens is 1. The first kappa shape index (κ1) is 16.9. The highest BCUT2D eigenvalue weighted by atomic mass is 19.0. The van der Waals surface area contributed by atoms with Gasteiger partial charge in [-0.2, -0.15) is 0 Å². The van der Waals surface area contributed by atoms with Gasteiger partial charge in [-0.1, -0.05) is 46.0 Å². The molecule has 1 fully saturated rings. The quantitative estimate of drug-likeness (QED) is 0.554. The molecule has 0 spiro atoms. The maximum Gasteiger partial charge on any atom is 0.0874 e. The molecule has 2 heteroatoms. The Labute approximate surface area is 107 Å². The molecule has 1 saturated heterocycles. The van der Waals surface area contributed by atoms with Crippen molar-refractivity contribution in [2.75, 3.05) is 13.1 Å². The van der Waals surface area contributed by atoms with Gasteiger partial charge in [0.05, 0.1) is 19.1 Å². The Hall–Kier alpha value is -0.110. The minimum atomic E-state index is 0. The highest BCUT2D eigenvalue weighted by Gasteiger charge is 2.25. The zero-order valence-corrected chi connectivity index (χ0v) is 11.9. The summed E-state index contributed by atoms with van der Waals surface area (Å²) in [5.74, 6) is 0. The SMILES string of the molecule is CCCCCCCCC[NH+]1CCCC1CC.[F-]. The lowest BCUT2D eigenvalue weighted by molar-refractivity contribution is -0.912. The Morgan fingerprint density at radius 1 is 0.941 bits per heavy atom. The third-order valence-corrected chi connectivity index (χ3v) is 4.22. The predicted octanol–water partition coefficient (Wildman–Crippen LogP) is 0.198. The molecule has 1 aliphatic heterocycles. The smallest absolute Gasteiger partial charge is 0.0874 e. The van der Waals surface area contributed by atoms with Crippen molar-refractivity contribution in [3.63, 3.8) is 0 Å². The maximum absolute atomic E-state index is 2.36. The third kappa shape index (κ3) is 7.03. The zero-order chi connectivity index (χ0) is 11.6. The first-order chi connectivity index (χ1) is 7.88. The third-order valence-electron chi connectivity index (χ3n) is 4.22. The van der Waals surface area contributed by atoms with Crippen molar-refractivity contribution in [1.29, 1.82) is 0 Å². The lowest BCUT2D eigenvalue weighted by Crippen LogP contribution is -3.13. The molecule has 0 aliphatic carbocycles. The number of unbranched alkanes of at least 4 members (excludes halogenated alkanes) is 6. The van der Waals surface area contributed by atoms with E-state index in [1.165, 1.54) is 77.3 Å². The molecular weight excluding hydrogens is 213 g/mol. The van der Waals surface area contributed by atoms with Gasteiger partial charge in [-0.05, 0) is 19.3 Å². The van der Waals surface area contributed by atoms with Crippen molar-refractivity contribution in [1.82, 2.24) is 0 Å². The fraction of sp³-hybridized carbons (Fsp3) is 1.00. The Morgan fingerprint density at radius 2 is 1.59 bits per heavy atom. The number of hydrogen-bond acceptors (Lipinski definition) is 0. The molecule has 1 aliphatic rings. The van der Waals surface area contributed by atoms with Crippen LogP contribution in [0.1, 0.15) is 78.1 Å². The molecule has 1 N–H and O–H groups in total. The highest BCUT2D eigenvalue weighted by molar-refractivity contribution is 4.60. The van der Waals surface area contributed by atoms with Crippen molar-refractivity contribution in [3.05, 3.63) is 0 Å². The number of nitrogens with one attached hydrogen (secondary N) is 1. The molecule has 2 atom stereocenters. The van der Waals surface area contributed by atoms with Crippen LogP contribution in [-0.2, 0) is 0 Å². The summed E-state index contributed by atoms with van der Waals surface area (Å²) in [5, 5.41) is 0. The molecule has 0 radical (unpaired) electrons. The van der Waals surface area contributed by atoms with Gasteiger partial charge in [0.25, 0.3) is 0 Å². The van der Waals surface area contributed by atoms with Crippen molar-refractivity contribution in [2.24, 2.45) is 0 Å². The Balaban J connectivity index is 0.00000256. The monoisotopic (exact) mass is 245 g/mol. The summed E-state index contributed by atoms with van der Waals surface area (Å²) < 4.78 is 0. The molecule has 1 rings (SSSR count). The fourth-order valence-electron chi connectivity index (χ4n) is 3.11. The second kappa shape index (κ2) is 11.0. The minimum absolute atomic E-state index is 0. The van der Waals surface area contributed by atoms with Crippen LogP contribution in [0.15, 0.2) is 0 Å². The molecule has 0 aromatic heterocycles. The standard InChI is InChI=1S/C15H31N.FH/c1-3-5-6-7-8-9-10-13-16-14-11-12-15(16)4-2;/h15H,3-14H2,1-2H3;1H. The number of quaternary nitrogens is 1. The van der Waals surface area contributed by atoms with E-state index in [1.54, 1.807) is 0 Å². The van der Waals surface area contributed by atoms with Crippen LogP contribution in [-0.4, -0.2) is 19.1 Å². The molecule has 0 amide bonds. The van der Waals surface area contributed by atoms with E-state index in [-0.39, 0.29) is 4.70 Å². The van der Waals surface area contributed by atoms with Crippen LogP contribution in [0.2, 0.25) is 0 Å². The van der Waals surface area contributed by atoms with Gasteiger partial charge in [-0.15, -0.1) is 0 Å². The molecule has 1 heterocycles. The second-order valence-corrected chi connectivity index (χ2v) is 5.53. The summed E-state index contributed by atoms with van der Waals surface area (Å²) in [6.45, 7) is 7.56. The Morgan fingerprint density at radius 3 is 2.24 bits per heavy atom. The van der Waals surface area contributed by atoms with Gasteiger partial charge in [-0.3, -0.25) is 0 Å². The molecule has 0 saturated carbocycles. The molecule has 2 unspecified atom stereocenters. The van der Waals surface area contributed by atoms with E-state index in [9.17, 15) is 0 Å². The minimum Gasteiger partial charge on any atom is -1.00 e. The van der Waals surface area contributed by atoms with Gasteiger partial charge in [0.2, 0.25) is 0 Å². The van der Waals surface area contributed by atoms with Crippen molar-refractivity contribution >= 4 is 0 Å². The Bertz CT molecular complexity index is 161. The van der Waals surface area contributed by atoms with E-state index in [1.807, 2.05) is 4.90 Å². The average Bonchev–Trinajstić information content (AvgIpc) is 2.75. The van der Waals surface area contributed by atoms with Gasteiger partial charge in [-0.25, -0.2) is 0 Å². The highest BCUT2D eigenvalue weighted by Crippen LogP contribution is 2.07. The first-order valence-electron chi connectivity index (χ1n) is 7.73. The van der Waals surface area contributed by atoms with Gasteiger partial charge in [0.1, 0.15) is 0 Å². The topological polar surface area (TPSA) is 4.44 Å². The van der Waals surface area contributed by atoms with Crippen molar-refractivity contribution < 1.29 is 9.60 Å². The van der Waals surface area contributed by atoms with E-state index in [4.69, 9.17) is 0 Å². The van der Waals surface area contributed by atoms with Gasteiger partial charge >= 0.3 is 0 Å². The average molecular weight is 245 g/mol. The summed E-state index contributed by atoms with van der Waals surface area (Å²) in [6, 6.07) is 1.00. The zero-order valence-electron chi connectivity index (χ0n) is 11.9. The van der Waals surface area contributed by atoms with E-state index in [0.29, 0.717) is 0 Å². The van der Waals surface area contributed by atoms with E-state index in [0.717, 1.165) is 6.04 Å². The summed E-state index contributed by atoms with van der Waals surface area (Å²) >= 11 is 0. The molecule has 0 aromatic carbocycles. The lowest BCUT2D eigenvalue weighted by atomic mass is 10.1. The van der Waals surface area contributed by atoms with E-state index >= 15 is 0 Å². The van der Waals surface area contributed by atoms with Crippen LogP contribution < -0.4 is 9.60 Å². The van der Waals surface area contributed by atoms with Crippen molar-refractivity contribution in [2.45, 2.75) is 84.1 Å². The molecule has 1 nitrogen and oxygen atoms in total. The van der Waals surface area contributed by atoms with Crippen LogP contribution >= 0.6 is 0 Å². The van der Waals surface area contributed by atoms with Crippen LogP contribution in [0, 0.1) is 0 Å². The predicted molar refractivity (Wildman–Crippen MR) is 72.0 cm³/mol. The van der Waals surface area contributed by atoms with Crippen LogP contribution in [0.4, 0.5) is 0 Å². The van der Waals surface area contributed by atoms with E-state index in [2.05, 4.69) is 13.8 Å². The first-order valence-corrected chi connectivity index (χ1v) is 7.73. The summed E-state index contributed by atoms with van der Waals surface area (Å²) in [5.41, 5.74) is 0. The Kier molecular flexibility index (Phi) is 10.9. The van der Waals surface area contributed by atoms with Gasteiger partial charge < -0.3 is 9.60 Å². The van der Waals surface area contributed by atoms with Gasteiger partial charge in [0, 0.05) is 12.8 Å². The molecule has 0 aromatic rings. The summed E-state index contributed by atoms with van der Waals surface area (Å²) in [4.78, 5) is 1.91. The second-order valence-electron chi connectivity index (χ2n) is 5.53. The molecule has 104 valence electrons. The maximum atomic E-state index is 2.36. The van der Waals surface area contributed by atoms with E-state index < -0.39 is 0 Å². The summed E-state index contributed by atoms with van der Waals surface area (Å²) in [7, 11) is 0. The largest absolute Gasteiger partial charge is 1.00 e. The fourth-order valence-corrected chi connectivity index (χ4v) is 3.11. The summed E-state index contributed by atoms with van der Waals surface area (Å²) in [6.07, 6.45) is 14.5. The molecular formula is C15H32FN. The van der Waals surface area contributed by atoms with Gasteiger partial charge in [0.15, 0.2) is 0 Å². The molecule has 0 bridgehead atoms. The normalized spacial score (nSPS) is 23.6. The van der Waals surface area contributed by atoms with Crippen LogP contribution in [0.3, 0.4) is 0 Å². The van der Waals surface area contributed by atoms with Crippen LogP contribution in [0.5, 0.6) is 0 Å². The number of rotatable bonds is 9. The molecule has 17 heavy (non-hydrogen) atoms. The number of hydrogen-bond donors (Lipinski definition) is 1. The number of likely N-dealkylation sites (tertiary alicyclic amines) is 1. The van der Waals surface area contributed by atoms with Crippen molar-refractivity contribution in [3.8, 4) is 0 Å². The lowest BCUT2D eigenvalue weighted by Gasteiger charge is -2.20.